The zero-order valence-corrected chi connectivity index (χ0v) is 9.96. The number of H-pyrrole nitrogens is 1. The first-order chi connectivity index (χ1) is 8.75. The molecule has 0 aliphatic rings. The molecule has 1 aromatic carbocycles. The SMILES string of the molecule is C[C@H](OC(=O)NCc1ccccc1)c1ncn[nH]1. The number of alkyl carbamates (subject to hydrolysis) is 1. The minimum atomic E-state index is -0.484. The summed E-state index contributed by atoms with van der Waals surface area (Å²) in [7, 11) is 0. The Balaban J connectivity index is 1.79. The van der Waals surface area contributed by atoms with Crippen molar-refractivity contribution in [2.45, 2.75) is 19.6 Å². The molecule has 1 aromatic heterocycles. The van der Waals surface area contributed by atoms with Crippen molar-refractivity contribution in [2.24, 2.45) is 0 Å². The van der Waals surface area contributed by atoms with E-state index in [2.05, 4.69) is 20.5 Å². The topological polar surface area (TPSA) is 79.9 Å². The summed E-state index contributed by atoms with van der Waals surface area (Å²) in [6, 6.07) is 9.62. The van der Waals surface area contributed by atoms with Gasteiger partial charge in [-0.05, 0) is 12.5 Å². The molecule has 0 unspecified atom stereocenters. The lowest BCUT2D eigenvalue weighted by Gasteiger charge is -2.11. The van der Waals surface area contributed by atoms with E-state index in [1.54, 1.807) is 6.92 Å². The van der Waals surface area contributed by atoms with Gasteiger partial charge in [0.2, 0.25) is 0 Å². The van der Waals surface area contributed by atoms with Crippen LogP contribution in [0.2, 0.25) is 0 Å². The van der Waals surface area contributed by atoms with E-state index < -0.39 is 12.2 Å². The molecule has 2 rings (SSSR count). The zero-order valence-electron chi connectivity index (χ0n) is 9.96. The summed E-state index contributed by atoms with van der Waals surface area (Å²) in [5.74, 6) is 0.518. The van der Waals surface area contributed by atoms with Crippen molar-refractivity contribution in [3.63, 3.8) is 0 Å². The predicted molar refractivity (Wildman–Crippen MR) is 64.6 cm³/mol. The minimum absolute atomic E-state index is 0.433. The standard InChI is InChI=1S/C12H14N4O2/c1-9(11-14-8-15-16-11)18-12(17)13-7-10-5-3-2-4-6-10/h2-6,8-9H,7H2,1H3,(H,13,17)(H,14,15,16)/t9-/m0/s1. The second-order valence-corrected chi connectivity index (χ2v) is 3.76. The molecule has 2 N–H and O–H groups in total. The number of carbonyl (C=O) groups is 1. The van der Waals surface area contributed by atoms with E-state index in [0.29, 0.717) is 12.4 Å². The van der Waals surface area contributed by atoms with Crippen LogP contribution in [0.25, 0.3) is 0 Å². The summed E-state index contributed by atoms with van der Waals surface area (Å²) in [5.41, 5.74) is 1.02. The summed E-state index contributed by atoms with van der Waals surface area (Å²) in [6.07, 6.45) is 0.433. The Kier molecular flexibility index (Phi) is 3.90. The average molecular weight is 246 g/mol. The van der Waals surface area contributed by atoms with Crippen LogP contribution in [-0.2, 0) is 11.3 Å². The van der Waals surface area contributed by atoms with E-state index in [9.17, 15) is 4.79 Å². The molecule has 1 amide bonds. The molecule has 0 radical (unpaired) electrons. The highest BCUT2D eigenvalue weighted by atomic mass is 16.6. The Bertz CT molecular complexity index is 484. The van der Waals surface area contributed by atoms with Crippen molar-refractivity contribution in [2.75, 3.05) is 0 Å². The third kappa shape index (κ3) is 3.31. The first-order valence-electron chi connectivity index (χ1n) is 5.59. The van der Waals surface area contributed by atoms with E-state index in [4.69, 9.17) is 4.74 Å². The maximum absolute atomic E-state index is 11.5. The summed E-state index contributed by atoms with van der Waals surface area (Å²) in [5, 5.41) is 9.01. The molecule has 1 heterocycles. The number of nitrogens with one attached hydrogen (secondary N) is 2. The summed E-state index contributed by atoms with van der Waals surface area (Å²) in [4.78, 5) is 15.4. The highest BCUT2D eigenvalue weighted by Crippen LogP contribution is 2.10. The second kappa shape index (κ2) is 5.81. The molecule has 1 atom stereocenters. The Labute approximate surface area is 104 Å². The number of nitrogens with zero attached hydrogens (tertiary/aromatic N) is 2. The lowest BCUT2D eigenvalue weighted by atomic mass is 10.2. The highest BCUT2D eigenvalue weighted by Gasteiger charge is 2.13. The quantitative estimate of drug-likeness (QED) is 0.861. The molecule has 0 bridgehead atoms. The van der Waals surface area contributed by atoms with Crippen molar-refractivity contribution >= 4 is 6.09 Å². The molecule has 0 spiro atoms. The van der Waals surface area contributed by atoms with Gasteiger partial charge in [-0.15, -0.1) is 0 Å². The van der Waals surface area contributed by atoms with Gasteiger partial charge in [-0.25, -0.2) is 9.78 Å². The Hall–Kier alpha value is -2.37. The van der Waals surface area contributed by atoms with Crippen LogP contribution in [0.4, 0.5) is 4.79 Å². The molecular weight excluding hydrogens is 232 g/mol. The van der Waals surface area contributed by atoms with Crippen LogP contribution >= 0.6 is 0 Å². The van der Waals surface area contributed by atoms with Gasteiger partial charge in [0.05, 0.1) is 0 Å². The van der Waals surface area contributed by atoms with E-state index in [0.717, 1.165) is 5.56 Å². The van der Waals surface area contributed by atoms with E-state index in [1.165, 1.54) is 6.33 Å². The molecule has 0 aliphatic heterocycles. The predicted octanol–water partition coefficient (Wildman–Crippen LogP) is 1.79. The van der Waals surface area contributed by atoms with Crippen LogP contribution in [-0.4, -0.2) is 21.3 Å². The molecule has 18 heavy (non-hydrogen) atoms. The molecule has 0 saturated carbocycles. The summed E-state index contributed by atoms with van der Waals surface area (Å²) < 4.78 is 5.13. The van der Waals surface area contributed by atoms with Gasteiger partial charge >= 0.3 is 6.09 Å². The maximum atomic E-state index is 11.5. The van der Waals surface area contributed by atoms with E-state index >= 15 is 0 Å². The number of amides is 1. The van der Waals surface area contributed by atoms with Crippen LogP contribution in [0.1, 0.15) is 24.4 Å². The number of rotatable bonds is 4. The highest BCUT2D eigenvalue weighted by molar-refractivity contribution is 5.67. The fraction of sp³-hybridized carbons (Fsp3) is 0.250. The first kappa shape index (κ1) is 12.1. The Morgan fingerprint density at radius 2 is 2.22 bits per heavy atom. The Morgan fingerprint density at radius 1 is 1.44 bits per heavy atom. The number of hydrogen-bond acceptors (Lipinski definition) is 4. The average Bonchev–Trinajstić information content (AvgIpc) is 2.91. The van der Waals surface area contributed by atoms with Crippen molar-refractivity contribution < 1.29 is 9.53 Å². The van der Waals surface area contributed by atoms with Crippen LogP contribution in [0, 0.1) is 0 Å². The molecule has 0 aliphatic carbocycles. The molecular formula is C12H14N4O2. The van der Waals surface area contributed by atoms with E-state index in [-0.39, 0.29) is 0 Å². The largest absolute Gasteiger partial charge is 0.438 e. The van der Waals surface area contributed by atoms with Crippen LogP contribution < -0.4 is 5.32 Å². The number of hydrogen-bond donors (Lipinski definition) is 2. The van der Waals surface area contributed by atoms with Gasteiger partial charge in [-0.3, -0.25) is 5.10 Å². The van der Waals surface area contributed by atoms with Crippen LogP contribution in [0.5, 0.6) is 0 Å². The number of benzene rings is 1. The van der Waals surface area contributed by atoms with Gasteiger partial charge in [0.25, 0.3) is 0 Å². The number of aromatic amines is 1. The molecule has 94 valence electrons. The number of ether oxygens (including phenoxy) is 1. The molecule has 0 fully saturated rings. The summed E-state index contributed by atoms with van der Waals surface area (Å²) >= 11 is 0. The van der Waals surface area contributed by atoms with Crippen molar-refractivity contribution in [3.8, 4) is 0 Å². The molecule has 2 aromatic rings. The van der Waals surface area contributed by atoms with Gasteiger partial charge < -0.3 is 10.1 Å². The molecule has 6 nitrogen and oxygen atoms in total. The third-order valence-corrected chi connectivity index (χ3v) is 2.38. The fourth-order valence-electron chi connectivity index (χ4n) is 1.44. The van der Waals surface area contributed by atoms with Gasteiger partial charge in [-0.2, -0.15) is 5.10 Å². The van der Waals surface area contributed by atoms with Gasteiger partial charge in [-0.1, -0.05) is 30.3 Å². The smallest absolute Gasteiger partial charge is 0.408 e. The molecule has 6 heteroatoms. The van der Waals surface area contributed by atoms with Gasteiger partial charge in [0.15, 0.2) is 11.9 Å². The van der Waals surface area contributed by atoms with Crippen molar-refractivity contribution in [3.05, 3.63) is 48.0 Å². The van der Waals surface area contributed by atoms with Crippen LogP contribution in [0.3, 0.4) is 0 Å². The minimum Gasteiger partial charge on any atom is -0.438 e. The lowest BCUT2D eigenvalue weighted by Crippen LogP contribution is -2.25. The number of aromatic nitrogens is 3. The first-order valence-corrected chi connectivity index (χ1v) is 5.59. The van der Waals surface area contributed by atoms with Crippen LogP contribution in [0.15, 0.2) is 36.7 Å². The van der Waals surface area contributed by atoms with Gasteiger partial charge in [0.1, 0.15) is 6.33 Å². The third-order valence-electron chi connectivity index (χ3n) is 2.38. The normalized spacial score (nSPS) is 11.8. The summed E-state index contributed by atoms with van der Waals surface area (Å²) in [6.45, 7) is 2.16. The van der Waals surface area contributed by atoms with Crippen molar-refractivity contribution in [1.29, 1.82) is 0 Å². The second-order valence-electron chi connectivity index (χ2n) is 3.76. The maximum Gasteiger partial charge on any atom is 0.408 e. The van der Waals surface area contributed by atoms with Gasteiger partial charge in [0, 0.05) is 6.54 Å². The fourth-order valence-corrected chi connectivity index (χ4v) is 1.44. The lowest BCUT2D eigenvalue weighted by molar-refractivity contribution is 0.102. The zero-order chi connectivity index (χ0) is 12.8. The monoisotopic (exact) mass is 246 g/mol. The Morgan fingerprint density at radius 3 is 2.89 bits per heavy atom. The van der Waals surface area contributed by atoms with Crippen molar-refractivity contribution in [1.82, 2.24) is 20.5 Å². The van der Waals surface area contributed by atoms with E-state index in [1.807, 2.05) is 30.3 Å². The molecule has 0 saturated heterocycles. The number of carbonyl (C=O) groups excluding carboxylic acids is 1.